The molecule has 0 saturated heterocycles. The summed E-state index contributed by atoms with van der Waals surface area (Å²) in [5, 5.41) is 4.32. The summed E-state index contributed by atoms with van der Waals surface area (Å²) in [6.45, 7) is 6.45. The van der Waals surface area contributed by atoms with Crippen molar-refractivity contribution in [3.8, 4) is 10.6 Å². The number of hydrogen-bond donors (Lipinski definition) is 0. The molecule has 0 atom stereocenters. The van der Waals surface area contributed by atoms with Crippen molar-refractivity contribution in [1.29, 1.82) is 0 Å². The molecule has 17 heavy (non-hydrogen) atoms. The van der Waals surface area contributed by atoms with Crippen LogP contribution in [0.5, 0.6) is 0 Å². The molecule has 4 heteroatoms. The first kappa shape index (κ1) is 12.9. The molecule has 0 N–H and O–H groups in total. The lowest BCUT2D eigenvalue weighted by Gasteiger charge is -2.14. The van der Waals surface area contributed by atoms with Gasteiger partial charge in [-0.3, -0.25) is 0 Å². The highest BCUT2D eigenvalue weighted by molar-refractivity contribution is 7.13. The van der Waals surface area contributed by atoms with E-state index in [4.69, 9.17) is 23.2 Å². The molecular formula is C13H13Cl2NS. The largest absolute Gasteiger partial charge is 0.241 e. The first-order valence-corrected chi connectivity index (χ1v) is 6.92. The Balaban J connectivity index is 2.44. The maximum Gasteiger partial charge on any atom is 0.123 e. The zero-order valence-corrected chi connectivity index (χ0v) is 12.2. The van der Waals surface area contributed by atoms with Gasteiger partial charge in [0.05, 0.1) is 5.69 Å². The molecule has 0 amide bonds. The summed E-state index contributed by atoms with van der Waals surface area (Å²) in [6, 6.07) is 5.50. The van der Waals surface area contributed by atoms with E-state index in [2.05, 4.69) is 31.1 Å². The van der Waals surface area contributed by atoms with Crippen molar-refractivity contribution in [3.05, 3.63) is 39.3 Å². The van der Waals surface area contributed by atoms with Gasteiger partial charge < -0.3 is 0 Å². The molecule has 1 aromatic carbocycles. The molecule has 2 rings (SSSR count). The average molecular weight is 286 g/mol. The van der Waals surface area contributed by atoms with E-state index in [0.29, 0.717) is 10.0 Å². The lowest BCUT2D eigenvalue weighted by molar-refractivity contribution is 0.573. The Hall–Kier alpha value is -0.570. The van der Waals surface area contributed by atoms with Gasteiger partial charge in [0.1, 0.15) is 5.01 Å². The molecule has 0 aliphatic heterocycles. The average Bonchev–Trinajstić information content (AvgIpc) is 2.63. The van der Waals surface area contributed by atoms with E-state index < -0.39 is 0 Å². The summed E-state index contributed by atoms with van der Waals surface area (Å²) in [6.07, 6.45) is 0. The second kappa shape index (κ2) is 4.60. The minimum atomic E-state index is 0.0666. The normalized spacial score (nSPS) is 11.8. The molecule has 0 unspecified atom stereocenters. The van der Waals surface area contributed by atoms with Crippen LogP contribution in [-0.4, -0.2) is 4.98 Å². The van der Waals surface area contributed by atoms with E-state index in [0.717, 1.165) is 16.3 Å². The number of rotatable bonds is 1. The van der Waals surface area contributed by atoms with Crippen LogP contribution >= 0.6 is 34.5 Å². The van der Waals surface area contributed by atoms with Crippen molar-refractivity contribution in [3.63, 3.8) is 0 Å². The Bertz CT molecular complexity index is 520. The molecule has 0 aliphatic rings. The summed E-state index contributed by atoms with van der Waals surface area (Å²) in [7, 11) is 0. The SMILES string of the molecule is CC(C)(C)c1csc(-c2cc(Cl)cc(Cl)c2)n1. The third kappa shape index (κ3) is 3.01. The van der Waals surface area contributed by atoms with E-state index in [1.165, 1.54) is 0 Å². The quantitative estimate of drug-likeness (QED) is 0.682. The Labute approximate surface area is 115 Å². The second-order valence-electron chi connectivity index (χ2n) is 4.95. The van der Waals surface area contributed by atoms with Gasteiger partial charge in [0.25, 0.3) is 0 Å². The Kier molecular flexibility index (Phi) is 3.48. The third-order valence-electron chi connectivity index (χ3n) is 2.38. The fraction of sp³-hybridized carbons (Fsp3) is 0.308. The molecule has 0 spiro atoms. The van der Waals surface area contributed by atoms with Crippen LogP contribution in [0, 0.1) is 0 Å². The van der Waals surface area contributed by atoms with Crippen molar-refractivity contribution in [1.82, 2.24) is 4.98 Å². The van der Waals surface area contributed by atoms with Gasteiger partial charge in [-0.15, -0.1) is 11.3 Å². The minimum absolute atomic E-state index is 0.0666. The number of halogens is 2. The van der Waals surface area contributed by atoms with Crippen molar-refractivity contribution in [2.45, 2.75) is 26.2 Å². The lowest BCUT2D eigenvalue weighted by atomic mass is 9.93. The van der Waals surface area contributed by atoms with Gasteiger partial charge in [-0.1, -0.05) is 44.0 Å². The van der Waals surface area contributed by atoms with Gasteiger partial charge in [-0.05, 0) is 18.2 Å². The van der Waals surface area contributed by atoms with Crippen LogP contribution < -0.4 is 0 Å². The predicted octanol–water partition coefficient (Wildman–Crippen LogP) is 5.41. The van der Waals surface area contributed by atoms with Crippen LogP contribution in [-0.2, 0) is 5.41 Å². The zero-order chi connectivity index (χ0) is 12.6. The summed E-state index contributed by atoms with van der Waals surface area (Å²) >= 11 is 13.6. The molecule has 0 saturated carbocycles. The number of hydrogen-bond acceptors (Lipinski definition) is 2. The molecule has 1 heterocycles. The van der Waals surface area contributed by atoms with Gasteiger partial charge in [0.15, 0.2) is 0 Å². The van der Waals surface area contributed by atoms with Crippen LogP contribution in [0.4, 0.5) is 0 Å². The highest BCUT2D eigenvalue weighted by Gasteiger charge is 2.18. The summed E-state index contributed by atoms with van der Waals surface area (Å²) in [4.78, 5) is 4.64. The number of nitrogens with zero attached hydrogens (tertiary/aromatic N) is 1. The molecule has 2 aromatic rings. The van der Waals surface area contributed by atoms with E-state index >= 15 is 0 Å². The van der Waals surface area contributed by atoms with Gasteiger partial charge in [-0.2, -0.15) is 0 Å². The molecule has 0 fully saturated rings. The van der Waals surface area contributed by atoms with E-state index in [1.54, 1.807) is 17.4 Å². The summed E-state index contributed by atoms with van der Waals surface area (Å²) < 4.78 is 0. The van der Waals surface area contributed by atoms with Crippen LogP contribution in [0.15, 0.2) is 23.6 Å². The smallest absolute Gasteiger partial charge is 0.123 e. The summed E-state index contributed by atoms with van der Waals surface area (Å²) in [5.74, 6) is 0. The first-order valence-electron chi connectivity index (χ1n) is 5.29. The lowest BCUT2D eigenvalue weighted by Crippen LogP contribution is -2.11. The van der Waals surface area contributed by atoms with E-state index in [-0.39, 0.29) is 5.41 Å². The molecule has 90 valence electrons. The summed E-state index contributed by atoms with van der Waals surface area (Å²) in [5.41, 5.74) is 2.13. The number of benzene rings is 1. The molecule has 1 aromatic heterocycles. The molecule has 0 bridgehead atoms. The highest BCUT2D eigenvalue weighted by Crippen LogP contribution is 2.32. The Morgan fingerprint density at radius 1 is 1.06 bits per heavy atom. The standard InChI is InChI=1S/C13H13Cl2NS/c1-13(2,3)11-7-17-12(16-11)8-4-9(14)6-10(15)5-8/h4-7H,1-3H3. The zero-order valence-electron chi connectivity index (χ0n) is 9.92. The fourth-order valence-corrected chi connectivity index (χ4v) is 2.99. The third-order valence-corrected chi connectivity index (χ3v) is 3.71. The maximum atomic E-state index is 5.99. The predicted molar refractivity (Wildman–Crippen MR) is 76.3 cm³/mol. The number of aromatic nitrogens is 1. The molecular weight excluding hydrogens is 273 g/mol. The number of thiazole rings is 1. The van der Waals surface area contributed by atoms with Crippen LogP contribution in [0.3, 0.4) is 0 Å². The van der Waals surface area contributed by atoms with Crippen molar-refractivity contribution in [2.24, 2.45) is 0 Å². The van der Waals surface area contributed by atoms with E-state index in [9.17, 15) is 0 Å². The first-order chi connectivity index (χ1) is 7.86. The van der Waals surface area contributed by atoms with Gasteiger partial charge in [-0.25, -0.2) is 4.98 Å². The van der Waals surface area contributed by atoms with Gasteiger partial charge in [0.2, 0.25) is 0 Å². The minimum Gasteiger partial charge on any atom is -0.241 e. The second-order valence-corrected chi connectivity index (χ2v) is 6.68. The van der Waals surface area contributed by atoms with Gasteiger partial charge >= 0.3 is 0 Å². The molecule has 0 radical (unpaired) electrons. The van der Waals surface area contributed by atoms with Crippen LogP contribution in [0.25, 0.3) is 10.6 Å². The van der Waals surface area contributed by atoms with Crippen LogP contribution in [0.2, 0.25) is 10.0 Å². The van der Waals surface area contributed by atoms with Crippen molar-refractivity contribution in [2.75, 3.05) is 0 Å². The van der Waals surface area contributed by atoms with Gasteiger partial charge in [0, 0.05) is 26.4 Å². The Morgan fingerprint density at radius 2 is 1.65 bits per heavy atom. The van der Waals surface area contributed by atoms with Crippen LogP contribution in [0.1, 0.15) is 26.5 Å². The van der Waals surface area contributed by atoms with Crippen molar-refractivity contribution >= 4 is 34.5 Å². The topological polar surface area (TPSA) is 12.9 Å². The monoisotopic (exact) mass is 285 g/mol. The highest BCUT2D eigenvalue weighted by atomic mass is 35.5. The Morgan fingerprint density at radius 3 is 2.12 bits per heavy atom. The fourth-order valence-electron chi connectivity index (χ4n) is 1.43. The molecule has 1 nitrogen and oxygen atoms in total. The van der Waals surface area contributed by atoms with E-state index in [1.807, 2.05) is 12.1 Å². The van der Waals surface area contributed by atoms with Crippen molar-refractivity contribution < 1.29 is 0 Å². The maximum absolute atomic E-state index is 5.99. The molecule has 0 aliphatic carbocycles.